The molecule has 1 aliphatic rings. The molecule has 2 atom stereocenters. The number of carbonyl (C=O) groups is 1. The molecule has 0 radical (unpaired) electrons. The van der Waals surface area contributed by atoms with Crippen molar-refractivity contribution >= 4 is 22.6 Å². The van der Waals surface area contributed by atoms with Crippen LogP contribution < -0.4 is 5.73 Å². The fourth-order valence-electron chi connectivity index (χ4n) is 2.19. The molecule has 1 aliphatic heterocycles. The summed E-state index contributed by atoms with van der Waals surface area (Å²) in [6.45, 7) is 5.93. The third kappa shape index (κ3) is 3.59. The molecule has 1 fully saturated rings. The van der Waals surface area contributed by atoms with Crippen LogP contribution in [0.4, 0.5) is 14.3 Å². The van der Waals surface area contributed by atoms with Crippen LogP contribution in [0.1, 0.15) is 38.0 Å². The Bertz CT molecular complexity index is 486. The number of nitrogens with zero attached hydrogens (tertiary/aromatic N) is 2. The Morgan fingerprint density at radius 2 is 2.30 bits per heavy atom. The number of halogens is 1. The fourth-order valence-corrected chi connectivity index (χ4v) is 3.06. The predicted molar refractivity (Wildman–Crippen MR) is 76.6 cm³/mol. The van der Waals surface area contributed by atoms with Gasteiger partial charge in [0.2, 0.25) is 0 Å². The van der Waals surface area contributed by atoms with Crippen molar-refractivity contribution in [2.24, 2.45) is 0 Å². The molecular weight excluding hydrogens is 281 g/mol. The maximum Gasteiger partial charge on any atom is 0.410 e. The summed E-state index contributed by atoms with van der Waals surface area (Å²) in [5.74, 6) is -0.233. The standard InChI is InChI=1S/C13H20FN3O2S/c1-13(2,3)19-12(18)17-5-4-8(9(14)7-17)10-6-16-11(15)20-10/h6,8-9H,4-5,7H2,1-3H3,(H2,15,16). The van der Waals surface area contributed by atoms with Gasteiger partial charge in [0.25, 0.3) is 0 Å². The smallest absolute Gasteiger partial charge is 0.410 e. The van der Waals surface area contributed by atoms with Crippen LogP contribution in [0, 0.1) is 0 Å². The van der Waals surface area contributed by atoms with E-state index in [2.05, 4.69) is 4.98 Å². The molecule has 20 heavy (non-hydrogen) atoms. The molecule has 112 valence electrons. The number of hydrogen-bond donors (Lipinski definition) is 1. The number of anilines is 1. The zero-order valence-electron chi connectivity index (χ0n) is 11.9. The summed E-state index contributed by atoms with van der Waals surface area (Å²) in [5.41, 5.74) is 5.01. The van der Waals surface area contributed by atoms with E-state index < -0.39 is 17.9 Å². The van der Waals surface area contributed by atoms with Crippen molar-refractivity contribution in [3.05, 3.63) is 11.1 Å². The summed E-state index contributed by atoms with van der Waals surface area (Å²) in [4.78, 5) is 18.1. The number of aromatic nitrogens is 1. The molecule has 5 nitrogen and oxygen atoms in total. The maximum atomic E-state index is 14.3. The highest BCUT2D eigenvalue weighted by molar-refractivity contribution is 7.15. The van der Waals surface area contributed by atoms with Gasteiger partial charge in [-0.2, -0.15) is 0 Å². The molecule has 2 heterocycles. The Morgan fingerprint density at radius 3 is 2.80 bits per heavy atom. The number of piperidine rings is 1. The second-order valence-electron chi connectivity index (χ2n) is 5.94. The van der Waals surface area contributed by atoms with E-state index in [0.717, 1.165) is 4.88 Å². The summed E-state index contributed by atoms with van der Waals surface area (Å²) in [6, 6.07) is 0. The molecule has 2 N–H and O–H groups in total. The van der Waals surface area contributed by atoms with Gasteiger partial charge in [-0.25, -0.2) is 14.2 Å². The lowest BCUT2D eigenvalue weighted by Gasteiger charge is -2.35. The van der Waals surface area contributed by atoms with E-state index in [1.54, 1.807) is 27.0 Å². The Labute approximate surface area is 121 Å². The molecule has 2 unspecified atom stereocenters. The van der Waals surface area contributed by atoms with Crippen molar-refractivity contribution in [3.8, 4) is 0 Å². The third-order valence-corrected chi connectivity index (χ3v) is 4.06. The SMILES string of the molecule is CC(C)(C)OC(=O)N1CCC(c2cnc(N)s2)C(F)C1. The minimum absolute atomic E-state index is 0.0530. The highest BCUT2D eigenvalue weighted by Crippen LogP contribution is 2.34. The average Bonchev–Trinajstić information content (AvgIpc) is 2.73. The van der Waals surface area contributed by atoms with Gasteiger partial charge in [-0.3, -0.25) is 0 Å². The monoisotopic (exact) mass is 301 g/mol. The molecule has 0 spiro atoms. The van der Waals surface area contributed by atoms with E-state index in [9.17, 15) is 9.18 Å². The topological polar surface area (TPSA) is 68.5 Å². The van der Waals surface area contributed by atoms with Crippen molar-refractivity contribution < 1.29 is 13.9 Å². The molecule has 0 saturated carbocycles. The van der Waals surface area contributed by atoms with E-state index in [4.69, 9.17) is 10.5 Å². The van der Waals surface area contributed by atoms with Crippen LogP contribution in [-0.4, -0.2) is 40.8 Å². The molecule has 1 aromatic rings. The second-order valence-corrected chi connectivity index (χ2v) is 7.03. The van der Waals surface area contributed by atoms with E-state index in [0.29, 0.717) is 18.1 Å². The first-order valence-corrected chi connectivity index (χ1v) is 7.41. The lowest BCUT2D eigenvalue weighted by atomic mass is 9.94. The van der Waals surface area contributed by atoms with Crippen molar-refractivity contribution in [3.63, 3.8) is 0 Å². The molecule has 0 aromatic carbocycles. The van der Waals surface area contributed by atoms with Crippen molar-refractivity contribution in [2.75, 3.05) is 18.8 Å². The van der Waals surface area contributed by atoms with Gasteiger partial charge in [0.15, 0.2) is 5.13 Å². The van der Waals surface area contributed by atoms with Crippen molar-refractivity contribution in [1.29, 1.82) is 0 Å². The van der Waals surface area contributed by atoms with Crippen LogP contribution in [0.25, 0.3) is 0 Å². The highest BCUT2D eigenvalue weighted by Gasteiger charge is 2.35. The normalized spacial score (nSPS) is 23.7. The van der Waals surface area contributed by atoms with Crippen LogP contribution in [0.2, 0.25) is 0 Å². The Morgan fingerprint density at radius 1 is 1.60 bits per heavy atom. The van der Waals surface area contributed by atoms with Crippen molar-refractivity contribution in [2.45, 2.75) is 44.9 Å². The summed E-state index contributed by atoms with van der Waals surface area (Å²) < 4.78 is 19.5. The molecule has 7 heteroatoms. The van der Waals surface area contributed by atoms with Gasteiger partial charge in [0.1, 0.15) is 11.8 Å². The van der Waals surface area contributed by atoms with E-state index in [1.807, 2.05) is 0 Å². The number of nitrogen functional groups attached to an aromatic ring is 1. The van der Waals surface area contributed by atoms with Gasteiger partial charge in [0, 0.05) is 23.5 Å². The van der Waals surface area contributed by atoms with Gasteiger partial charge in [-0.1, -0.05) is 0 Å². The van der Waals surface area contributed by atoms with Gasteiger partial charge in [-0.05, 0) is 27.2 Å². The maximum absolute atomic E-state index is 14.3. The average molecular weight is 301 g/mol. The molecule has 0 bridgehead atoms. The number of rotatable bonds is 1. The lowest BCUT2D eigenvalue weighted by Crippen LogP contribution is -2.46. The minimum atomic E-state index is -1.11. The van der Waals surface area contributed by atoms with Gasteiger partial charge in [0.05, 0.1) is 6.54 Å². The molecule has 2 rings (SSSR count). The zero-order chi connectivity index (χ0) is 14.9. The number of ether oxygens (including phenoxy) is 1. The number of likely N-dealkylation sites (tertiary alicyclic amines) is 1. The van der Waals surface area contributed by atoms with Crippen LogP contribution in [0.3, 0.4) is 0 Å². The summed E-state index contributed by atoms with van der Waals surface area (Å²) in [6.07, 6.45) is 0.612. The highest BCUT2D eigenvalue weighted by atomic mass is 32.1. The van der Waals surface area contributed by atoms with Crippen LogP contribution >= 0.6 is 11.3 Å². The lowest BCUT2D eigenvalue weighted by molar-refractivity contribution is 0.0113. The first-order valence-electron chi connectivity index (χ1n) is 6.59. The Kier molecular flexibility index (Phi) is 4.17. The Balaban J connectivity index is 1.97. The van der Waals surface area contributed by atoms with Crippen LogP contribution in [0.15, 0.2) is 6.20 Å². The summed E-state index contributed by atoms with van der Waals surface area (Å²) >= 11 is 1.31. The first-order chi connectivity index (χ1) is 9.26. The van der Waals surface area contributed by atoms with Crippen LogP contribution in [-0.2, 0) is 4.74 Å². The third-order valence-electron chi connectivity index (χ3n) is 3.10. The zero-order valence-corrected chi connectivity index (χ0v) is 12.7. The molecule has 1 aromatic heterocycles. The molecule has 1 saturated heterocycles. The summed E-state index contributed by atoms with van der Waals surface area (Å²) in [5, 5.41) is 0.446. The molecular formula is C13H20FN3O2S. The number of amides is 1. The number of alkyl halides is 1. The number of thiazole rings is 1. The van der Waals surface area contributed by atoms with Gasteiger partial charge < -0.3 is 15.4 Å². The summed E-state index contributed by atoms with van der Waals surface area (Å²) in [7, 11) is 0. The number of hydrogen-bond acceptors (Lipinski definition) is 5. The number of carbonyl (C=O) groups excluding carboxylic acids is 1. The van der Waals surface area contributed by atoms with Gasteiger partial charge >= 0.3 is 6.09 Å². The van der Waals surface area contributed by atoms with E-state index in [1.165, 1.54) is 16.2 Å². The van der Waals surface area contributed by atoms with Crippen molar-refractivity contribution in [1.82, 2.24) is 9.88 Å². The first kappa shape index (κ1) is 15.0. The molecule has 0 aliphatic carbocycles. The largest absolute Gasteiger partial charge is 0.444 e. The van der Waals surface area contributed by atoms with Crippen LogP contribution in [0.5, 0.6) is 0 Å². The second kappa shape index (κ2) is 5.55. The van der Waals surface area contributed by atoms with E-state index in [-0.39, 0.29) is 12.5 Å². The van der Waals surface area contributed by atoms with E-state index >= 15 is 0 Å². The predicted octanol–water partition coefficient (Wildman–Crippen LogP) is 2.79. The fraction of sp³-hybridized carbons (Fsp3) is 0.692. The quantitative estimate of drug-likeness (QED) is 0.866. The number of nitrogens with two attached hydrogens (primary N) is 1. The molecule has 1 amide bonds. The Hall–Kier alpha value is -1.37. The minimum Gasteiger partial charge on any atom is -0.444 e. The van der Waals surface area contributed by atoms with Gasteiger partial charge in [-0.15, -0.1) is 11.3 Å².